The number of benzene rings is 1. The van der Waals surface area contributed by atoms with E-state index in [0.29, 0.717) is 0 Å². The first kappa shape index (κ1) is 13.0. The van der Waals surface area contributed by atoms with Gasteiger partial charge in [-0.15, -0.1) is 0 Å². The van der Waals surface area contributed by atoms with Crippen LogP contribution in [-0.4, -0.2) is 6.10 Å². The van der Waals surface area contributed by atoms with Crippen LogP contribution in [0.25, 0.3) is 0 Å². The summed E-state index contributed by atoms with van der Waals surface area (Å²) < 4.78 is 5.59. The van der Waals surface area contributed by atoms with Crippen molar-refractivity contribution in [3.8, 4) is 5.75 Å². The quantitative estimate of drug-likeness (QED) is 0.847. The Bertz CT molecular complexity index is 322. The zero-order chi connectivity index (χ0) is 12.3. The maximum Gasteiger partial charge on any atom is 0.119 e. The highest BCUT2D eigenvalue weighted by molar-refractivity contribution is 5.29. The van der Waals surface area contributed by atoms with E-state index in [9.17, 15) is 0 Å². The Hall–Kier alpha value is -1.02. The summed E-state index contributed by atoms with van der Waals surface area (Å²) >= 11 is 0. The average molecular weight is 221 g/mol. The molecule has 1 aromatic rings. The van der Waals surface area contributed by atoms with Gasteiger partial charge in [-0.05, 0) is 37.0 Å². The first-order valence-corrected chi connectivity index (χ1v) is 5.83. The van der Waals surface area contributed by atoms with E-state index in [-0.39, 0.29) is 17.6 Å². The molecule has 0 saturated heterocycles. The minimum absolute atomic E-state index is 0.0561. The third-order valence-electron chi connectivity index (χ3n) is 2.54. The summed E-state index contributed by atoms with van der Waals surface area (Å²) in [6.07, 6.45) is 0.210. The fourth-order valence-corrected chi connectivity index (χ4v) is 1.53. The normalized spacial score (nSPS) is 13.9. The summed E-state index contributed by atoms with van der Waals surface area (Å²) in [5.74, 6) is 0.903. The number of rotatable bonds is 3. The molecule has 0 fully saturated rings. The average Bonchev–Trinajstić information content (AvgIpc) is 2.15. The van der Waals surface area contributed by atoms with Crippen molar-refractivity contribution in [1.82, 2.24) is 0 Å². The van der Waals surface area contributed by atoms with Crippen LogP contribution in [0.5, 0.6) is 5.75 Å². The lowest BCUT2D eigenvalue weighted by molar-refractivity contribution is 0.242. The number of ether oxygens (including phenoxy) is 1. The molecule has 1 aromatic carbocycles. The van der Waals surface area contributed by atoms with Crippen molar-refractivity contribution in [2.24, 2.45) is 11.1 Å². The lowest BCUT2D eigenvalue weighted by Gasteiger charge is -2.27. The predicted molar refractivity (Wildman–Crippen MR) is 68.6 cm³/mol. The molecule has 0 radical (unpaired) electrons. The van der Waals surface area contributed by atoms with Crippen molar-refractivity contribution < 1.29 is 4.74 Å². The summed E-state index contributed by atoms with van der Waals surface area (Å²) in [6, 6.07) is 8.13. The van der Waals surface area contributed by atoms with Crippen molar-refractivity contribution in [2.75, 3.05) is 0 Å². The molecule has 0 aliphatic carbocycles. The Balaban J connectivity index is 2.79. The van der Waals surface area contributed by atoms with Gasteiger partial charge in [0.25, 0.3) is 0 Å². The molecular formula is C14H23NO. The van der Waals surface area contributed by atoms with E-state index in [1.54, 1.807) is 0 Å². The zero-order valence-electron chi connectivity index (χ0n) is 10.9. The first-order valence-electron chi connectivity index (χ1n) is 5.83. The van der Waals surface area contributed by atoms with Crippen molar-refractivity contribution in [1.29, 1.82) is 0 Å². The molecule has 2 heteroatoms. The molecule has 0 aromatic heterocycles. The maximum absolute atomic E-state index is 6.18. The van der Waals surface area contributed by atoms with Gasteiger partial charge in [-0.1, -0.05) is 32.9 Å². The lowest BCUT2D eigenvalue weighted by Crippen LogP contribution is -2.26. The Morgan fingerprint density at radius 1 is 1.06 bits per heavy atom. The minimum atomic E-state index is 0.0561. The fraction of sp³-hybridized carbons (Fsp3) is 0.571. The van der Waals surface area contributed by atoms with Crippen LogP contribution in [0.2, 0.25) is 0 Å². The summed E-state index contributed by atoms with van der Waals surface area (Å²) in [7, 11) is 0. The summed E-state index contributed by atoms with van der Waals surface area (Å²) in [6.45, 7) is 10.5. The molecule has 16 heavy (non-hydrogen) atoms. The molecule has 2 nitrogen and oxygen atoms in total. The van der Waals surface area contributed by atoms with E-state index in [4.69, 9.17) is 10.5 Å². The van der Waals surface area contributed by atoms with Crippen molar-refractivity contribution >= 4 is 0 Å². The van der Waals surface area contributed by atoms with Gasteiger partial charge in [-0.3, -0.25) is 0 Å². The van der Waals surface area contributed by atoms with E-state index >= 15 is 0 Å². The van der Waals surface area contributed by atoms with Gasteiger partial charge in [0.15, 0.2) is 0 Å². The van der Waals surface area contributed by atoms with Crippen molar-refractivity contribution in [2.45, 2.75) is 46.8 Å². The molecule has 0 spiro atoms. The second kappa shape index (κ2) is 4.88. The highest BCUT2D eigenvalue weighted by atomic mass is 16.5. The summed E-state index contributed by atoms with van der Waals surface area (Å²) in [5, 5.41) is 0. The topological polar surface area (TPSA) is 35.2 Å². The monoisotopic (exact) mass is 221 g/mol. The number of hydrogen-bond acceptors (Lipinski definition) is 2. The second-order valence-electron chi connectivity index (χ2n) is 5.58. The Morgan fingerprint density at radius 2 is 1.56 bits per heavy atom. The highest BCUT2D eigenvalue weighted by Gasteiger charge is 2.21. The van der Waals surface area contributed by atoms with Gasteiger partial charge >= 0.3 is 0 Å². The minimum Gasteiger partial charge on any atom is -0.491 e. The molecule has 0 heterocycles. The van der Waals surface area contributed by atoms with E-state index in [1.165, 1.54) is 0 Å². The van der Waals surface area contributed by atoms with Crippen LogP contribution in [0.4, 0.5) is 0 Å². The van der Waals surface area contributed by atoms with Crippen LogP contribution in [0.1, 0.15) is 46.2 Å². The van der Waals surface area contributed by atoms with Gasteiger partial charge in [0, 0.05) is 6.04 Å². The number of hydrogen-bond donors (Lipinski definition) is 1. The molecule has 0 amide bonds. The standard InChI is InChI=1S/C14H23NO/c1-10(2)16-12-8-6-11(7-9-12)13(15)14(3,4)5/h6-10,13H,15H2,1-5H3/t13-/m0/s1. The molecule has 1 rings (SSSR count). The molecule has 1 atom stereocenters. The highest BCUT2D eigenvalue weighted by Crippen LogP contribution is 2.31. The molecule has 0 saturated carbocycles. The van der Waals surface area contributed by atoms with Gasteiger partial charge in [0.2, 0.25) is 0 Å². The second-order valence-corrected chi connectivity index (χ2v) is 5.58. The molecule has 90 valence electrons. The van der Waals surface area contributed by atoms with E-state index in [1.807, 2.05) is 38.1 Å². The van der Waals surface area contributed by atoms with Crippen LogP contribution in [-0.2, 0) is 0 Å². The SMILES string of the molecule is CC(C)Oc1ccc([C@H](N)C(C)(C)C)cc1. The molecular weight excluding hydrogens is 198 g/mol. The Kier molecular flexibility index (Phi) is 3.98. The Labute approximate surface area is 98.8 Å². The van der Waals surface area contributed by atoms with E-state index < -0.39 is 0 Å². The van der Waals surface area contributed by atoms with Crippen LogP contribution in [0, 0.1) is 5.41 Å². The fourth-order valence-electron chi connectivity index (χ4n) is 1.53. The van der Waals surface area contributed by atoms with Gasteiger partial charge < -0.3 is 10.5 Å². The molecule has 0 aliphatic heterocycles. The predicted octanol–water partition coefficient (Wildman–Crippen LogP) is 3.52. The molecule has 0 aliphatic rings. The smallest absolute Gasteiger partial charge is 0.119 e. The summed E-state index contributed by atoms with van der Waals surface area (Å²) in [5.41, 5.74) is 7.42. The largest absolute Gasteiger partial charge is 0.491 e. The van der Waals surface area contributed by atoms with E-state index in [0.717, 1.165) is 11.3 Å². The maximum atomic E-state index is 6.18. The van der Waals surface area contributed by atoms with Crippen molar-refractivity contribution in [3.05, 3.63) is 29.8 Å². The van der Waals surface area contributed by atoms with Crippen LogP contribution < -0.4 is 10.5 Å². The van der Waals surface area contributed by atoms with Gasteiger partial charge in [-0.25, -0.2) is 0 Å². The number of nitrogens with two attached hydrogens (primary N) is 1. The molecule has 0 bridgehead atoms. The van der Waals surface area contributed by atoms with Gasteiger partial charge in [-0.2, -0.15) is 0 Å². The lowest BCUT2D eigenvalue weighted by atomic mass is 9.83. The third-order valence-corrected chi connectivity index (χ3v) is 2.54. The van der Waals surface area contributed by atoms with Crippen LogP contribution in [0.3, 0.4) is 0 Å². The van der Waals surface area contributed by atoms with Crippen LogP contribution >= 0.6 is 0 Å². The van der Waals surface area contributed by atoms with Crippen molar-refractivity contribution in [3.63, 3.8) is 0 Å². The first-order chi connectivity index (χ1) is 7.30. The molecule has 0 unspecified atom stereocenters. The van der Waals surface area contributed by atoms with E-state index in [2.05, 4.69) is 20.8 Å². The third kappa shape index (κ3) is 3.53. The van der Waals surface area contributed by atoms with Gasteiger partial charge in [0.1, 0.15) is 5.75 Å². The summed E-state index contributed by atoms with van der Waals surface area (Å²) in [4.78, 5) is 0. The molecule has 2 N–H and O–H groups in total. The zero-order valence-corrected chi connectivity index (χ0v) is 10.9. The Morgan fingerprint density at radius 3 is 1.94 bits per heavy atom. The van der Waals surface area contributed by atoms with Gasteiger partial charge in [0.05, 0.1) is 6.10 Å². The van der Waals surface area contributed by atoms with Crippen LogP contribution in [0.15, 0.2) is 24.3 Å².